The van der Waals surface area contributed by atoms with Gasteiger partial charge in [0, 0.05) is 47.6 Å². The molecule has 56 heavy (non-hydrogen) atoms. The summed E-state index contributed by atoms with van der Waals surface area (Å²) in [6, 6.07) is 65.8. The zero-order valence-corrected chi connectivity index (χ0v) is 30.9. The number of hydrogen-bond acceptors (Lipinski definition) is 5. The van der Waals surface area contributed by atoms with Crippen LogP contribution in [0.4, 0.5) is 0 Å². The van der Waals surface area contributed by atoms with E-state index in [0.29, 0.717) is 17.5 Å². The second kappa shape index (κ2) is 13.3. The number of fused-ring (bicyclic) bond motifs is 6. The number of rotatable bonds is 6. The molecule has 0 amide bonds. The molecule has 0 aliphatic carbocycles. The van der Waals surface area contributed by atoms with Crippen LogP contribution in [-0.2, 0) is 0 Å². The van der Waals surface area contributed by atoms with E-state index in [1.807, 2.05) is 72.0 Å². The van der Waals surface area contributed by atoms with Gasteiger partial charge in [0.1, 0.15) is 11.2 Å². The summed E-state index contributed by atoms with van der Waals surface area (Å²) in [5, 5.41) is 4.73. The van der Waals surface area contributed by atoms with Gasteiger partial charge < -0.3 is 4.42 Å². The van der Waals surface area contributed by atoms with E-state index in [9.17, 15) is 0 Å². The summed E-state index contributed by atoms with van der Waals surface area (Å²) in [6.07, 6.45) is 0. The van der Waals surface area contributed by atoms with E-state index in [2.05, 4.69) is 127 Å². The van der Waals surface area contributed by atoms with E-state index in [0.717, 1.165) is 55.3 Å². The fraction of sp³-hybridized carbons (Fsp3) is 0. The molecule has 0 saturated heterocycles. The first-order valence-corrected chi connectivity index (χ1v) is 19.5. The van der Waals surface area contributed by atoms with E-state index in [1.54, 1.807) is 0 Å². The molecule has 0 unspecified atom stereocenters. The number of furan rings is 1. The fourth-order valence-corrected chi connectivity index (χ4v) is 8.84. The van der Waals surface area contributed by atoms with Crippen molar-refractivity contribution in [3.05, 3.63) is 188 Å². The molecule has 0 saturated carbocycles. The number of aromatic nitrogens is 3. The molecule has 0 aliphatic rings. The molecule has 0 spiro atoms. The lowest BCUT2D eigenvalue weighted by molar-refractivity contribution is 0.669. The Kier molecular flexibility index (Phi) is 7.64. The Hall–Kier alpha value is -7.21. The minimum Gasteiger partial charge on any atom is -0.456 e. The van der Waals surface area contributed by atoms with Crippen LogP contribution in [0.15, 0.2) is 192 Å². The van der Waals surface area contributed by atoms with Gasteiger partial charge in [-0.2, -0.15) is 0 Å². The zero-order valence-electron chi connectivity index (χ0n) is 30.1. The minimum atomic E-state index is 0.623. The van der Waals surface area contributed by atoms with Gasteiger partial charge in [-0.1, -0.05) is 140 Å². The highest BCUT2D eigenvalue weighted by molar-refractivity contribution is 7.25. The maximum absolute atomic E-state index is 6.49. The first-order valence-electron chi connectivity index (χ1n) is 18.7. The molecule has 3 aromatic heterocycles. The van der Waals surface area contributed by atoms with Crippen molar-refractivity contribution >= 4 is 53.4 Å². The van der Waals surface area contributed by atoms with Crippen molar-refractivity contribution in [2.45, 2.75) is 0 Å². The van der Waals surface area contributed by atoms with E-state index in [4.69, 9.17) is 19.4 Å². The summed E-state index contributed by atoms with van der Waals surface area (Å²) in [7, 11) is 0. The molecule has 8 aromatic carbocycles. The van der Waals surface area contributed by atoms with Crippen molar-refractivity contribution in [2.24, 2.45) is 0 Å². The topological polar surface area (TPSA) is 51.8 Å². The molecule has 0 N–H and O–H groups in total. The summed E-state index contributed by atoms with van der Waals surface area (Å²) >= 11 is 1.85. The van der Waals surface area contributed by atoms with Gasteiger partial charge in [-0.25, -0.2) is 15.0 Å². The second-order valence-corrected chi connectivity index (χ2v) is 15.1. The number of hydrogen-bond donors (Lipinski definition) is 0. The standard InChI is InChI=1S/C51H31N3OS/c1-4-12-32(13-5-1)35-23-26-46-41(29-35)42-30-37(24-27-47(42)56-46)36-22-25-44-43(31-36)48-40(20-11-21-45(48)55-44)38-18-10-19-39(28-38)51-53-49(33-14-6-2-7-15-33)52-50(54-51)34-16-8-3-9-17-34/h1-31H. The lowest BCUT2D eigenvalue weighted by Gasteiger charge is -2.10. The number of thiophene rings is 1. The summed E-state index contributed by atoms with van der Waals surface area (Å²) in [5.74, 6) is 1.90. The molecule has 11 aromatic rings. The van der Waals surface area contributed by atoms with Gasteiger partial charge in [-0.05, 0) is 81.9 Å². The van der Waals surface area contributed by atoms with Gasteiger partial charge in [0.15, 0.2) is 17.5 Å². The van der Waals surface area contributed by atoms with Crippen LogP contribution < -0.4 is 0 Å². The molecule has 11 rings (SSSR count). The van der Waals surface area contributed by atoms with E-state index in [-0.39, 0.29) is 0 Å². The minimum absolute atomic E-state index is 0.623. The van der Waals surface area contributed by atoms with Gasteiger partial charge in [0.2, 0.25) is 0 Å². The Morgan fingerprint density at radius 1 is 0.321 bits per heavy atom. The van der Waals surface area contributed by atoms with Crippen molar-refractivity contribution in [1.29, 1.82) is 0 Å². The average molecular weight is 734 g/mol. The Bertz CT molecular complexity index is 3180. The molecule has 0 atom stereocenters. The smallest absolute Gasteiger partial charge is 0.164 e. The van der Waals surface area contributed by atoms with Crippen LogP contribution in [0.2, 0.25) is 0 Å². The highest BCUT2D eigenvalue weighted by Gasteiger charge is 2.17. The third-order valence-electron chi connectivity index (χ3n) is 10.5. The summed E-state index contributed by atoms with van der Waals surface area (Å²) < 4.78 is 9.07. The first kappa shape index (κ1) is 32.2. The molecule has 0 radical (unpaired) electrons. The van der Waals surface area contributed by atoms with Crippen LogP contribution in [-0.4, -0.2) is 15.0 Å². The lowest BCUT2D eigenvalue weighted by atomic mass is 9.96. The van der Waals surface area contributed by atoms with Crippen LogP contribution in [0.1, 0.15) is 0 Å². The molecule has 5 heteroatoms. The fourth-order valence-electron chi connectivity index (χ4n) is 7.78. The highest BCUT2D eigenvalue weighted by atomic mass is 32.1. The highest BCUT2D eigenvalue weighted by Crippen LogP contribution is 2.42. The quantitative estimate of drug-likeness (QED) is 0.171. The number of nitrogens with zero attached hydrogens (tertiary/aromatic N) is 3. The Labute approximate surface area is 327 Å². The molecule has 0 aliphatic heterocycles. The summed E-state index contributed by atoms with van der Waals surface area (Å²) in [6.45, 7) is 0. The van der Waals surface area contributed by atoms with Crippen molar-refractivity contribution in [3.8, 4) is 67.5 Å². The number of benzene rings is 8. The van der Waals surface area contributed by atoms with Crippen molar-refractivity contribution in [1.82, 2.24) is 15.0 Å². The zero-order chi connectivity index (χ0) is 37.0. The Morgan fingerprint density at radius 3 is 1.43 bits per heavy atom. The molecule has 0 fully saturated rings. The third-order valence-corrected chi connectivity index (χ3v) is 11.7. The molecular formula is C51H31N3OS. The Morgan fingerprint density at radius 2 is 0.804 bits per heavy atom. The van der Waals surface area contributed by atoms with Gasteiger partial charge in [0.05, 0.1) is 0 Å². The van der Waals surface area contributed by atoms with Gasteiger partial charge in [-0.15, -0.1) is 11.3 Å². The summed E-state index contributed by atoms with van der Waals surface area (Å²) in [5.41, 5.74) is 11.4. The molecule has 4 nitrogen and oxygen atoms in total. The maximum atomic E-state index is 6.49. The molecular weight excluding hydrogens is 703 g/mol. The van der Waals surface area contributed by atoms with Crippen molar-refractivity contribution in [3.63, 3.8) is 0 Å². The Balaban J connectivity index is 1.02. The largest absolute Gasteiger partial charge is 0.456 e. The first-order chi connectivity index (χ1) is 27.7. The van der Waals surface area contributed by atoms with Gasteiger partial charge >= 0.3 is 0 Å². The normalized spacial score (nSPS) is 11.6. The van der Waals surface area contributed by atoms with Crippen LogP contribution in [0.3, 0.4) is 0 Å². The van der Waals surface area contributed by atoms with E-state index < -0.39 is 0 Å². The average Bonchev–Trinajstić information content (AvgIpc) is 3.84. The van der Waals surface area contributed by atoms with Gasteiger partial charge in [-0.3, -0.25) is 0 Å². The van der Waals surface area contributed by atoms with Crippen molar-refractivity contribution < 1.29 is 4.42 Å². The monoisotopic (exact) mass is 733 g/mol. The van der Waals surface area contributed by atoms with Crippen LogP contribution >= 0.6 is 11.3 Å². The van der Waals surface area contributed by atoms with E-state index in [1.165, 1.54) is 36.9 Å². The lowest BCUT2D eigenvalue weighted by Crippen LogP contribution is -2.00. The second-order valence-electron chi connectivity index (χ2n) is 14.0. The van der Waals surface area contributed by atoms with Gasteiger partial charge in [0.25, 0.3) is 0 Å². The SMILES string of the molecule is c1ccc(-c2ccc3sc4ccc(-c5ccc6oc7cccc(-c8cccc(-c9nc(-c%10ccccc%10)nc(-c%10ccccc%10)n9)c8)c7c6c5)cc4c3c2)cc1. The molecule has 0 bridgehead atoms. The van der Waals surface area contributed by atoms with Crippen molar-refractivity contribution in [2.75, 3.05) is 0 Å². The van der Waals surface area contributed by atoms with E-state index >= 15 is 0 Å². The van der Waals surface area contributed by atoms with Crippen LogP contribution in [0.25, 0.3) is 110 Å². The third kappa shape index (κ3) is 5.65. The van der Waals surface area contributed by atoms with Crippen LogP contribution in [0.5, 0.6) is 0 Å². The predicted molar refractivity (Wildman–Crippen MR) is 233 cm³/mol. The molecule has 3 heterocycles. The summed E-state index contributed by atoms with van der Waals surface area (Å²) in [4.78, 5) is 14.9. The maximum Gasteiger partial charge on any atom is 0.164 e. The molecule has 262 valence electrons. The predicted octanol–water partition coefficient (Wildman–Crippen LogP) is 14.1. The van der Waals surface area contributed by atoms with Crippen LogP contribution in [0, 0.1) is 0 Å².